The first-order valence-corrected chi connectivity index (χ1v) is 10.2. The molecule has 0 saturated carbocycles. The van der Waals surface area contributed by atoms with Crippen LogP contribution in [0.25, 0.3) is 5.52 Å². The van der Waals surface area contributed by atoms with Crippen LogP contribution in [0.15, 0.2) is 29.1 Å². The molecule has 27 heavy (non-hydrogen) atoms. The number of aromatic nitrogens is 4. The molecule has 4 heterocycles. The maximum Gasteiger partial charge on any atom is 0.155 e. The number of nitrogens with zero attached hydrogens (tertiary/aromatic N) is 5. The van der Waals surface area contributed by atoms with Crippen molar-refractivity contribution in [3.05, 3.63) is 51.6 Å². The van der Waals surface area contributed by atoms with Gasteiger partial charge in [-0.1, -0.05) is 0 Å². The summed E-state index contributed by atoms with van der Waals surface area (Å²) in [6, 6.07) is 4.12. The van der Waals surface area contributed by atoms with Gasteiger partial charge in [-0.25, -0.2) is 9.50 Å². The van der Waals surface area contributed by atoms with Gasteiger partial charge in [0.1, 0.15) is 10.1 Å². The number of hydrogen-bond acceptors (Lipinski definition) is 5. The molecule has 0 bridgehead atoms. The monoisotopic (exact) mass is 427 g/mol. The summed E-state index contributed by atoms with van der Waals surface area (Å²) in [5.41, 5.74) is 5.85. The molecule has 3 aromatic rings. The molecule has 1 N–H and O–H groups in total. The Balaban J connectivity index is 1.39. The summed E-state index contributed by atoms with van der Waals surface area (Å²) >= 11 is 3.59. The summed E-state index contributed by atoms with van der Waals surface area (Å²) in [5, 5.41) is 13.8. The van der Waals surface area contributed by atoms with Gasteiger partial charge >= 0.3 is 0 Å². The third-order valence-electron chi connectivity index (χ3n) is 6.19. The van der Waals surface area contributed by atoms with Crippen LogP contribution in [0, 0.1) is 12.3 Å². The zero-order chi connectivity index (χ0) is 18.6. The molecule has 1 saturated heterocycles. The van der Waals surface area contributed by atoms with Crippen molar-refractivity contribution < 1.29 is 5.11 Å². The zero-order valence-electron chi connectivity index (χ0n) is 15.3. The standard InChI is InChI=1S/C20H22BrN5O/c1-13-18(21)26-17(2-5-23-26)19(24-13)25-6-3-20(4-7-25)9-14-8-16(12-27)22-11-15(14)10-20/h2,5,8,11,27H,3-4,6-7,9-10,12H2,1H3. The highest BCUT2D eigenvalue weighted by atomic mass is 79.9. The minimum atomic E-state index is 0.0179. The summed E-state index contributed by atoms with van der Waals surface area (Å²) in [6.45, 7) is 4.04. The highest BCUT2D eigenvalue weighted by molar-refractivity contribution is 9.10. The Kier molecular flexibility index (Phi) is 3.98. The summed E-state index contributed by atoms with van der Waals surface area (Å²) in [4.78, 5) is 11.6. The lowest BCUT2D eigenvalue weighted by molar-refractivity contribution is 0.232. The molecule has 140 valence electrons. The minimum absolute atomic E-state index is 0.0179. The van der Waals surface area contributed by atoms with Crippen LogP contribution < -0.4 is 4.90 Å². The summed E-state index contributed by atoms with van der Waals surface area (Å²) in [5.74, 6) is 1.03. The van der Waals surface area contributed by atoms with Crippen molar-refractivity contribution in [2.24, 2.45) is 5.41 Å². The fraction of sp³-hybridized carbons (Fsp3) is 0.450. The van der Waals surface area contributed by atoms with Crippen LogP contribution in [0.2, 0.25) is 0 Å². The maximum atomic E-state index is 9.36. The van der Waals surface area contributed by atoms with Crippen LogP contribution in [-0.2, 0) is 19.4 Å². The Morgan fingerprint density at radius 3 is 2.78 bits per heavy atom. The van der Waals surface area contributed by atoms with Gasteiger partial charge in [-0.2, -0.15) is 5.10 Å². The van der Waals surface area contributed by atoms with Crippen LogP contribution in [0.3, 0.4) is 0 Å². The number of piperidine rings is 1. The maximum absolute atomic E-state index is 9.36. The quantitative estimate of drug-likeness (QED) is 0.680. The van der Waals surface area contributed by atoms with E-state index in [9.17, 15) is 5.11 Å². The van der Waals surface area contributed by atoms with Gasteiger partial charge in [0.25, 0.3) is 0 Å². The van der Waals surface area contributed by atoms with Gasteiger partial charge in [0.05, 0.1) is 24.2 Å². The largest absolute Gasteiger partial charge is 0.390 e. The third kappa shape index (κ3) is 2.75. The van der Waals surface area contributed by atoms with Crippen LogP contribution >= 0.6 is 15.9 Å². The number of aliphatic hydroxyl groups is 1. The van der Waals surface area contributed by atoms with Crippen molar-refractivity contribution in [1.82, 2.24) is 19.6 Å². The molecule has 0 radical (unpaired) electrons. The van der Waals surface area contributed by atoms with Gasteiger partial charge in [-0.3, -0.25) is 4.98 Å². The molecule has 1 aliphatic heterocycles. The zero-order valence-corrected chi connectivity index (χ0v) is 16.9. The van der Waals surface area contributed by atoms with E-state index in [1.54, 1.807) is 0 Å². The Morgan fingerprint density at radius 2 is 2.00 bits per heavy atom. The average molecular weight is 428 g/mol. The first-order chi connectivity index (χ1) is 13.1. The molecule has 6 nitrogen and oxygen atoms in total. The summed E-state index contributed by atoms with van der Waals surface area (Å²) in [6.07, 6.45) is 8.29. The fourth-order valence-corrected chi connectivity index (χ4v) is 5.05. The fourth-order valence-electron chi connectivity index (χ4n) is 4.68. The topological polar surface area (TPSA) is 66.5 Å². The van der Waals surface area contributed by atoms with Crippen molar-refractivity contribution >= 4 is 27.3 Å². The Hall–Kier alpha value is -1.99. The molecular formula is C20H22BrN5O. The van der Waals surface area contributed by atoms with Gasteiger partial charge in [0.2, 0.25) is 0 Å². The number of anilines is 1. The lowest BCUT2D eigenvalue weighted by atomic mass is 9.76. The highest BCUT2D eigenvalue weighted by Crippen LogP contribution is 2.45. The Morgan fingerprint density at radius 1 is 1.22 bits per heavy atom. The first kappa shape index (κ1) is 17.1. The van der Waals surface area contributed by atoms with Gasteiger partial charge in [-0.05, 0) is 77.2 Å². The van der Waals surface area contributed by atoms with Crippen molar-refractivity contribution in [1.29, 1.82) is 0 Å². The molecule has 7 heteroatoms. The van der Waals surface area contributed by atoms with Crippen LogP contribution in [0.5, 0.6) is 0 Å². The van der Waals surface area contributed by atoms with E-state index in [2.05, 4.69) is 37.0 Å². The van der Waals surface area contributed by atoms with Crippen LogP contribution in [0.1, 0.15) is 35.4 Å². The third-order valence-corrected chi connectivity index (χ3v) is 7.10. The second kappa shape index (κ2) is 6.27. The number of halogens is 1. The lowest BCUT2D eigenvalue weighted by Crippen LogP contribution is -2.41. The first-order valence-electron chi connectivity index (χ1n) is 9.41. The van der Waals surface area contributed by atoms with Crippen molar-refractivity contribution in [3.8, 4) is 0 Å². The second-order valence-electron chi connectivity index (χ2n) is 7.88. The van der Waals surface area contributed by atoms with Crippen molar-refractivity contribution in [3.63, 3.8) is 0 Å². The van der Waals surface area contributed by atoms with Crippen molar-refractivity contribution in [2.45, 2.75) is 39.2 Å². The normalized spacial score (nSPS) is 18.4. The molecule has 5 rings (SSSR count). The number of fused-ring (bicyclic) bond motifs is 2. The van der Waals surface area contributed by atoms with E-state index in [-0.39, 0.29) is 6.61 Å². The lowest BCUT2D eigenvalue weighted by Gasteiger charge is -2.40. The number of pyridine rings is 1. The van der Waals surface area contributed by atoms with E-state index in [0.717, 1.165) is 66.1 Å². The van der Waals surface area contributed by atoms with Gasteiger partial charge in [0.15, 0.2) is 5.82 Å². The number of hydrogen-bond donors (Lipinski definition) is 1. The predicted molar refractivity (Wildman–Crippen MR) is 107 cm³/mol. The Labute approximate surface area is 166 Å². The van der Waals surface area contributed by atoms with Crippen LogP contribution in [0.4, 0.5) is 5.82 Å². The molecular weight excluding hydrogens is 406 g/mol. The highest BCUT2D eigenvalue weighted by Gasteiger charge is 2.40. The van der Waals surface area contributed by atoms with E-state index in [1.165, 1.54) is 11.1 Å². The van der Waals surface area contributed by atoms with Gasteiger partial charge < -0.3 is 10.0 Å². The number of rotatable bonds is 2. The average Bonchev–Trinajstić information content (AvgIpc) is 3.29. The predicted octanol–water partition coefficient (Wildman–Crippen LogP) is 3.07. The van der Waals surface area contributed by atoms with Crippen molar-refractivity contribution in [2.75, 3.05) is 18.0 Å². The Bertz CT molecular complexity index is 1020. The number of aryl methyl sites for hydroxylation is 1. The van der Waals surface area contributed by atoms with E-state index < -0.39 is 0 Å². The minimum Gasteiger partial charge on any atom is -0.390 e. The molecule has 0 unspecified atom stereocenters. The van der Waals surface area contributed by atoms with Gasteiger partial charge in [0, 0.05) is 19.3 Å². The van der Waals surface area contributed by atoms with Gasteiger partial charge in [-0.15, -0.1) is 0 Å². The molecule has 0 amide bonds. The number of aliphatic hydroxyl groups excluding tert-OH is 1. The SMILES string of the molecule is Cc1nc(N2CCC3(CC2)Cc2cnc(CO)cc2C3)c2ccnn2c1Br. The van der Waals surface area contributed by atoms with E-state index >= 15 is 0 Å². The second-order valence-corrected chi connectivity index (χ2v) is 8.63. The smallest absolute Gasteiger partial charge is 0.155 e. The summed E-state index contributed by atoms with van der Waals surface area (Å²) < 4.78 is 2.84. The van der Waals surface area contributed by atoms with E-state index in [4.69, 9.17) is 4.98 Å². The molecule has 0 aromatic carbocycles. The molecule has 1 spiro atoms. The van der Waals surface area contributed by atoms with Crippen LogP contribution in [-0.4, -0.2) is 37.8 Å². The molecule has 1 aliphatic carbocycles. The molecule has 3 aromatic heterocycles. The summed E-state index contributed by atoms with van der Waals surface area (Å²) in [7, 11) is 0. The van der Waals surface area contributed by atoms with E-state index in [1.807, 2.05) is 29.9 Å². The molecule has 0 atom stereocenters. The molecule has 2 aliphatic rings. The molecule has 1 fully saturated rings. The van der Waals surface area contributed by atoms with E-state index in [0.29, 0.717) is 5.41 Å².